The molecule has 0 atom stereocenters. The van der Waals surface area contributed by atoms with Crippen molar-refractivity contribution in [2.75, 3.05) is 5.73 Å². The molecule has 0 heterocycles. The minimum atomic E-state index is -0.201. The van der Waals surface area contributed by atoms with Crippen LogP contribution in [0, 0.1) is 5.82 Å². The van der Waals surface area contributed by atoms with Gasteiger partial charge in [-0.1, -0.05) is 12.1 Å². The molecule has 0 amide bonds. The van der Waals surface area contributed by atoms with E-state index in [0.717, 1.165) is 5.39 Å². The minimum absolute atomic E-state index is 0.201. The second-order valence-electron chi connectivity index (χ2n) is 2.72. The normalized spacial score (nSPS) is 10.4. The number of benzene rings is 2. The van der Waals surface area contributed by atoms with Gasteiger partial charge in [-0.3, -0.25) is 0 Å². The number of rotatable bonds is 0. The summed E-state index contributed by atoms with van der Waals surface area (Å²) in [5.41, 5.74) is 6.21. The van der Waals surface area contributed by atoms with E-state index in [0.29, 0.717) is 11.1 Å². The Bertz CT molecular complexity index is 423. The summed E-state index contributed by atoms with van der Waals surface area (Å²) in [6.45, 7) is 0. The van der Waals surface area contributed by atoms with E-state index in [1.165, 1.54) is 6.07 Å². The largest absolute Gasteiger partial charge is 0.399 e. The maximum Gasteiger partial charge on any atom is 0.131 e. The molecule has 2 aromatic carbocycles. The highest BCUT2D eigenvalue weighted by Crippen LogP contribution is 2.19. The Labute approximate surface area is 69.6 Å². The number of hydrogen-bond donors (Lipinski definition) is 1. The van der Waals surface area contributed by atoms with Gasteiger partial charge in [-0.05, 0) is 29.7 Å². The Morgan fingerprint density at radius 3 is 2.75 bits per heavy atom. The lowest BCUT2D eigenvalue weighted by Crippen LogP contribution is -1.85. The lowest BCUT2D eigenvalue weighted by molar-refractivity contribution is 0.640. The SMILES string of the molecule is Nc1ccc2c(F)cccc2c1. The van der Waals surface area contributed by atoms with Gasteiger partial charge in [0.15, 0.2) is 0 Å². The standard InChI is InChI=1S/C10H8FN/c11-10-3-1-2-7-6-8(12)4-5-9(7)10/h1-6H,12H2. The molecular formula is C10H8FN. The van der Waals surface area contributed by atoms with E-state index in [2.05, 4.69) is 0 Å². The first-order valence-corrected chi connectivity index (χ1v) is 3.71. The van der Waals surface area contributed by atoms with Gasteiger partial charge in [-0.25, -0.2) is 4.39 Å². The average Bonchev–Trinajstić information content (AvgIpc) is 2.04. The summed E-state index contributed by atoms with van der Waals surface area (Å²) in [5, 5.41) is 1.46. The maximum absolute atomic E-state index is 13.1. The molecule has 0 fully saturated rings. The number of nitrogens with two attached hydrogens (primary N) is 1. The van der Waals surface area contributed by atoms with E-state index in [1.807, 2.05) is 6.07 Å². The molecule has 0 aliphatic heterocycles. The van der Waals surface area contributed by atoms with Crippen LogP contribution in [0.15, 0.2) is 36.4 Å². The first kappa shape index (κ1) is 7.10. The van der Waals surface area contributed by atoms with E-state index >= 15 is 0 Å². The van der Waals surface area contributed by atoms with Gasteiger partial charge in [0.1, 0.15) is 5.82 Å². The lowest BCUT2D eigenvalue weighted by Gasteiger charge is -1.99. The second-order valence-corrected chi connectivity index (χ2v) is 2.72. The van der Waals surface area contributed by atoms with E-state index in [9.17, 15) is 4.39 Å². The molecule has 0 aliphatic rings. The van der Waals surface area contributed by atoms with Crippen LogP contribution in [0.5, 0.6) is 0 Å². The summed E-state index contributed by atoms with van der Waals surface area (Å²) >= 11 is 0. The highest BCUT2D eigenvalue weighted by molar-refractivity contribution is 5.85. The number of hydrogen-bond acceptors (Lipinski definition) is 1. The van der Waals surface area contributed by atoms with Crippen molar-refractivity contribution in [3.63, 3.8) is 0 Å². The zero-order valence-electron chi connectivity index (χ0n) is 6.42. The van der Waals surface area contributed by atoms with Gasteiger partial charge in [0.05, 0.1) is 0 Å². The van der Waals surface area contributed by atoms with Crippen LogP contribution < -0.4 is 5.73 Å². The Balaban J connectivity index is 2.86. The first-order valence-electron chi connectivity index (χ1n) is 3.71. The molecule has 2 aromatic rings. The van der Waals surface area contributed by atoms with Crippen molar-refractivity contribution in [3.05, 3.63) is 42.2 Å². The third kappa shape index (κ3) is 1.01. The molecule has 0 aromatic heterocycles. The lowest BCUT2D eigenvalue weighted by atomic mass is 10.1. The van der Waals surface area contributed by atoms with Crippen molar-refractivity contribution in [1.29, 1.82) is 0 Å². The van der Waals surface area contributed by atoms with Crippen molar-refractivity contribution in [2.24, 2.45) is 0 Å². The highest BCUT2D eigenvalue weighted by Gasteiger charge is 1.98. The van der Waals surface area contributed by atoms with E-state index in [-0.39, 0.29) is 5.82 Å². The molecule has 0 saturated heterocycles. The van der Waals surface area contributed by atoms with Gasteiger partial charge in [-0.2, -0.15) is 0 Å². The van der Waals surface area contributed by atoms with Crippen LogP contribution in [-0.2, 0) is 0 Å². The Hall–Kier alpha value is -1.57. The van der Waals surface area contributed by atoms with Gasteiger partial charge in [0.25, 0.3) is 0 Å². The van der Waals surface area contributed by atoms with Gasteiger partial charge in [0.2, 0.25) is 0 Å². The molecule has 2 N–H and O–H groups in total. The predicted octanol–water partition coefficient (Wildman–Crippen LogP) is 2.56. The van der Waals surface area contributed by atoms with Crippen molar-refractivity contribution < 1.29 is 4.39 Å². The zero-order valence-corrected chi connectivity index (χ0v) is 6.42. The van der Waals surface area contributed by atoms with Crippen LogP contribution in [0.25, 0.3) is 10.8 Å². The predicted molar refractivity (Wildman–Crippen MR) is 48.3 cm³/mol. The molecule has 0 spiro atoms. The molecule has 0 aliphatic carbocycles. The van der Waals surface area contributed by atoms with E-state index in [4.69, 9.17) is 5.73 Å². The van der Waals surface area contributed by atoms with Crippen LogP contribution >= 0.6 is 0 Å². The molecule has 0 radical (unpaired) electrons. The fourth-order valence-electron chi connectivity index (χ4n) is 1.26. The van der Waals surface area contributed by atoms with E-state index in [1.54, 1.807) is 24.3 Å². The number of nitrogen functional groups attached to an aromatic ring is 1. The topological polar surface area (TPSA) is 26.0 Å². The molecule has 12 heavy (non-hydrogen) atoms. The van der Waals surface area contributed by atoms with Crippen molar-refractivity contribution in [1.82, 2.24) is 0 Å². The highest BCUT2D eigenvalue weighted by atomic mass is 19.1. The molecule has 0 bridgehead atoms. The first-order chi connectivity index (χ1) is 5.77. The Morgan fingerprint density at radius 2 is 1.92 bits per heavy atom. The Morgan fingerprint density at radius 1 is 1.08 bits per heavy atom. The molecule has 0 saturated carbocycles. The number of halogens is 1. The minimum Gasteiger partial charge on any atom is -0.399 e. The quantitative estimate of drug-likeness (QED) is 0.590. The Kier molecular flexibility index (Phi) is 1.47. The molecule has 0 unspecified atom stereocenters. The molecule has 60 valence electrons. The van der Waals surface area contributed by atoms with Gasteiger partial charge < -0.3 is 5.73 Å². The van der Waals surface area contributed by atoms with Crippen molar-refractivity contribution >= 4 is 16.5 Å². The summed E-state index contributed by atoms with van der Waals surface area (Å²) in [5.74, 6) is -0.201. The molecule has 1 nitrogen and oxygen atoms in total. The monoisotopic (exact) mass is 161 g/mol. The number of fused-ring (bicyclic) bond motifs is 1. The van der Waals surface area contributed by atoms with Gasteiger partial charge >= 0.3 is 0 Å². The fourth-order valence-corrected chi connectivity index (χ4v) is 1.26. The molecule has 2 heteroatoms. The van der Waals surface area contributed by atoms with Crippen LogP contribution in [0.4, 0.5) is 10.1 Å². The maximum atomic E-state index is 13.1. The molecular weight excluding hydrogens is 153 g/mol. The van der Waals surface area contributed by atoms with Crippen molar-refractivity contribution in [2.45, 2.75) is 0 Å². The average molecular weight is 161 g/mol. The fraction of sp³-hybridized carbons (Fsp3) is 0. The molecule has 2 rings (SSSR count). The van der Waals surface area contributed by atoms with Gasteiger partial charge in [0, 0.05) is 11.1 Å². The second kappa shape index (κ2) is 2.48. The number of anilines is 1. The van der Waals surface area contributed by atoms with Crippen LogP contribution in [0.2, 0.25) is 0 Å². The third-order valence-corrected chi connectivity index (χ3v) is 1.85. The smallest absolute Gasteiger partial charge is 0.131 e. The van der Waals surface area contributed by atoms with Gasteiger partial charge in [-0.15, -0.1) is 0 Å². The summed E-state index contributed by atoms with van der Waals surface area (Å²) < 4.78 is 13.1. The summed E-state index contributed by atoms with van der Waals surface area (Å²) in [6.07, 6.45) is 0. The van der Waals surface area contributed by atoms with Crippen molar-refractivity contribution in [3.8, 4) is 0 Å². The van der Waals surface area contributed by atoms with Crippen LogP contribution in [0.1, 0.15) is 0 Å². The van der Waals surface area contributed by atoms with E-state index < -0.39 is 0 Å². The van der Waals surface area contributed by atoms with Crippen LogP contribution in [0.3, 0.4) is 0 Å². The summed E-state index contributed by atoms with van der Waals surface area (Å²) in [7, 11) is 0. The zero-order chi connectivity index (χ0) is 8.55. The third-order valence-electron chi connectivity index (χ3n) is 1.85. The summed E-state index contributed by atoms with van der Waals surface area (Å²) in [6, 6.07) is 10.1. The van der Waals surface area contributed by atoms with Crippen LogP contribution in [-0.4, -0.2) is 0 Å². The summed E-state index contributed by atoms with van der Waals surface area (Å²) in [4.78, 5) is 0.